The molecule has 0 aliphatic carbocycles. The van der Waals surface area contributed by atoms with E-state index in [1.54, 1.807) is 0 Å². The molecule has 0 N–H and O–H groups in total. The Morgan fingerprint density at radius 1 is 1.00 bits per heavy atom. The molecule has 1 unspecified atom stereocenters. The van der Waals surface area contributed by atoms with Gasteiger partial charge in [0.25, 0.3) is 0 Å². The Morgan fingerprint density at radius 3 is 2.31 bits per heavy atom. The first-order chi connectivity index (χ1) is 7.68. The fourth-order valence-corrected chi connectivity index (χ4v) is 2.27. The molecule has 0 bridgehead atoms. The van der Waals surface area contributed by atoms with Crippen LogP contribution in [0, 0.1) is 6.92 Å². The lowest BCUT2D eigenvalue weighted by Gasteiger charge is -2.15. The van der Waals surface area contributed by atoms with Gasteiger partial charge in [-0.2, -0.15) is 0 Å². The van der Waals surface area contributed by atoms with Crippen molar-refractivity contribution in [3.05, 3.63) is 70.2 Å². The minimum absolute atomic E-state index is 0.415. The van der Waals surface area contributed by atoms with E-state index in [0.717, 1.165) is 5.02 Å². The van der Waals surface area contributed by atoms with Gasteiger partial charge in [0.1, 0.15) is 0 Å². The molecule has 16 heavy (non-hydrogen) atoms. The molecular formula is C15H15Cl. The fraction of sp³-hybridized carbons (Fsp3) is 0.200. The first kappa shape index (κ1) is 11.2. The van der Waals surface area contributed by atoms with Gasteiger partial charge < -0.3 is 0 Å². The number of aryl methyl sites for hydroxylation is 1. The highest BCUT2D eigenvalue weighted by Crippen LogP contribution is 2.28. The Balaban J connectivity index is 2.38. The summed E-state index contributed by atoms with van der Waals surface area (Å²) in [6, 6.07) is 16.6. The molecule has 0 aliphatic heterocycles. The highest BCUT2D eigenvalue weighted by Gasteiger charge is 2.10. The minimum atomic E-state index is 0.415. The zero-order valence-corrected chi connectivity index (χ0v) is 10.3. The van der Waals surface area contributed by atoms with Gasteiger partial charge in [0.2, 0.25) is 0 Å². The quantitative estimate of drug-likeness (QED) is 0.695. The van der Waals surface area contributed by atoms with Crippen molar-refractivity contribution in [2.75, 3.05) is 0 Å². The van der Waals surface area contributed by atoms with Crippen molar-refractivity contribution in [1.29, 1.82) is 0 Å². The van der Waals surface area contributed by atoms with Crippen LogP contribution in [-0.2, 0) is 0 Å². The Bertz CT molecular complexity index is 474. The standard InChI is InChI=1S/C15H15Cl/c1-11-10-14(16)8-9-15(11)12(2)13-6-4-3-5-7-13/h3-10,12H,1-2H3. The van der Waals surface area contributed by atoms with Gasteiger partial charge in [0.15, 0.2) is 0 Å². The van der Waals surface area contributed by atoms with Crippen molar-refractivity contribution in [2.45, 2.75) is 19.8 Å². The number of hydrogen-bond acceptors (Lipinski definition) is 0. The summed E-state index contributed by atoms with van der Waals surface area (Å²) >= 11 is 5.97. The lowest BCUT2D eigenvalue weighted by Crippen LogP contribution is -1.98. The molecule has 0 amide bonds. The molecule has 0 aliphatic rings. The van der Waals surface area contributed by atoms with E-state index >= 15 is 0 Å². The molecule has 1 atom stereocenters. The van der Waals surface area contributed by atoms with Crippen LogP contribution in [0.25, 0.3) is 0 Å². The van der Waals surface area contributed by atoms with Crippen LogP contribution in [0.1, 0.15) is 29.5 Å². The first-order valence-corrected chi connectivity index (χ1v) is 5.87. The molecule has 0 spiro atoms. The van der Waals surface area contributed by atoms with E-state index in [1.165, 1.54) is 16.7 Å². The topological polar surface area (TPSA) is 0 Å². The first-order valence-electron chi connectivity index (χ1n) is 5.49. The molecule has 1 heteroatoms. The average molecular weight is 231 g/mol. The van der Waals surface area contributed by atoms with Gasteiger partial charge >= 0.3 is 0 Å². The van der Waals surface area contributed by atoms with Gasteiger partial charge in [-0.1, -0.05) is 54.9 Å². The molecule has 0 radical (unpaired) electrons. The van der Waals surface area contributed by atoms with Crippen LogP contribution >= 0.6 is 11.6 Å². The number of halogens is 1. The third-order valence-electron chi connectivity index (χ3n) is 3.00. The van der Waals surface area contributed by atoms with E-state index in [9.17, 15) is 0 Å². The highest BCUT2D eigenvalue weighted by molar-refractivity contribution is 6.30. The molecule has 2 aromatic carbocycles. The predicted molar refractivity (Wildman–Crippen MR) is 70.1 cm³/mol. The van der Waals surface area contributed by atoms with Crippen LogP contribution in [0.4, 0.5) is 0 Å². The molecule has 2 aromatic rings. The zero-order valence-electron chi connectivity index (χ0n) is 9.57. The minimum Gasteiger partial charge on any atom is -0.0843 e. The van der Waals surface area contributed by atoms with Crippen LogP contribution in [0.15, 0.2) is 48.5 Å². The summed E-state index contributed by atoms with van der Waals surface area (Å²) in [4.78, 5) is 0. The Kier molecular flexibility index (Phi) is 3.31. The lowest BCUT2D eigenvalue weighted by molar-refractivity contribution is 0.910. The largest absolute Gasteiger partial charge is 0.0843 e. The lowest BCUT2D eigenvalue weighted by atomic mass is 9.90. The van der Waals surface area contributed by atoms with E-state index in [1.807, 2.05) is 18.2 Å². The van der Waals surface area contributed by atoms with Gasteiger partial charge in [0, 0.05) is 10.9 Å². The summed E-state index contributed by atoms with van der Waals surface area (Å²) in [6.45, 7) is 4.34. The maximum atomic E-state index is 5.97. The fourth-order valence-electron chi connectivity index (χ4n) is 2.05. The van der Waals surface area contributed by atoms with E-state index < -0.39 is 0 Å². The number of hydrogen-bond donors (Lipinski definition) is 0. The SMILES string of the molecule is Cc1cc(Cl)ccc1C(C)c1ccccc1. The van der Waals surface area contributed by atoms with Crippen molar-refractivity contribution in [3.8, 4) is 0 Å². The third-order valence-corrected chi connectivity index (χ3v) is 3.23. The van der Waals surface area contributed by atoms with Crippen molar-refractivity contribution in [2.24, 2.45) is 0 Å². The molecule has 2 rings (SSSR count). The molecule has 0 aromatic heterocycles. The monoisotopic (exact) mass is 230 g/mol. The third kappa shape index (κ3) is 2.28. The van der Waals surface area contributed by atoms with Crippen molar-refractivity contribution < 1.29 is 0 Å². The summed E-state index contributed by atoms with van der Waals surface area (Å²) in [5.41, 5.74) is 3.94. The maximum Gasteiger partial charge on any atom is 0.0408 e. The summed E-state index contributed by atoms with van der Waals surface area (Å²) < 4.78 is 0. The number of rotatable bonds is 2. The van der Waals surface area contributed by atoms with E-state index in [4.69, 9.17) is 11.6 Å². The van der Waals surface area contributed by atoms with E-state index in [0.29, 0.717) is 5.92 Å². The Labute approximate surface area is 102 Å². The Morgan fingerprint density at radius 2 is 1.69 bits per heavy atom. The predicted octanol–water partition coefficient (Wildman–Crippen LogP) is 4.80. The van der Waals surface area contributed by atoms with Crippen LogP contribution < -0.4 is 0 Å². The van der Waals surface area contributed by atoms with Gasteiger partial charge in [-0.05, 0) is 35.7 Å². The van der Waals surface area contributed by atoms with Crippen molar-refractivity contribution >= 4 is 11.6 Å². The molecular weight excluding hydrogens is 216 g/mol. The second kappa shape index (κ2) is 4.71. The molecule has 0 heterocycles. The molecule has 0 fully saturated rings. The Hall–Kier alpha value is -1.27. The molecule has 0 nitrogen and oxygen atoms in total. The second-order valence-electron chi connectivity index (χ2n) is 4.13. The summed E-state index contributed by atoms with van der Waals surface area (Å²) in [6.07, 6.45) is 0. The smallest absolute Gasteiger partial charge is 0.0408 e. The zero-order chi connectivity index (χ0) is 11.5. The molecule has 82 valence electrons. The van der Waals surface area contributed by atoms with E-state index in [2.05, 4.69) is 44.2 Å². The van der Waals surface area contributed by atoms with Gasteiger partial charge in [-0.15, -0.1) is 0 Å². The summed E-state index contributed by atoms with van der Waals surface area (Å²) in [5.74, 6) is 0.415. The van der Waals surface area contributed by atoms with Crippen molar-refractivity contribution in [1.82, 2.24) is 0 Å². The number of benzene rings is 2. The van der Waals surface area contributed by atoms with Crippen LogP contribution in [-0.4, -0.2) is 0 Å². The molecule has 0 saturated heterocycles. The van der Waals surface area contributed by atoms with Gasteiger partial charge in [0.05, 0.1) is 0 Å². The average Bonchev–Trinajstić information content (AvgIpc) is 2.29. The normalized spacial score (nSPS) is 12.4. The van der Waals surface area contributed by atoms with Crippen LogP contribution in [0.3, 0.4) is 0 Å². The second-order valence-corrected chi connectivity index (χ2v) is 4.57. The highest BCUT2D eigenvalue weighted by atomic mass is 35.5. The van der Waals surface area contributed by atoms with Gasteiger partial charge in [-0.25, -0.2) is 0 Å². The van der Waals surface area contributed by atoms with E-state index in [-0.39, 0.29) is 0 Å². The summed E-state index contributed by atoms with van der Waals surface area (Å²) in [5, 5.41) is 0.807. The van der Waals surface area contributed by atoms with Crippen LogP contribution in [0.5, 0.6) is 0 Å². The van der Waals surface area contributed by atoms with Gasteiger partial charge in [-0.3, -0.25) is 0 Å². The van der Waals surface area contributed by atoms with Crippen molar-refractivity contribution in [3.63, 3.8) is 0 Å². The molecule has 0 saturated carbocycles. The van der Waals surface area contributed by atoms with Crippen LogP contribution in [0.2, 0.25) is 5.02 Å². The maximum absolute atomic E-state index is 5.97. The summed E-state index contributed by atoms with van der Waals surface area (Å²) in [7, 11) is 0.